The van der Waals surface area contributed by atoms with E-state index in [0.717, 1.165) is 49.6 Å². The maximum Gasteiger partial charge on any atom is 0.420 e. The van der Waals surface area contributed by atoms with Crippen LogP contribution in [0, 0.1) is 11.2 Å². The van der Waals surface area contributed by atoms with E-state index in [1.165, 1.54) is 12.1 Å². The summed E-state index contributed by atoms with van der Waals surface area (Å²) >= 11 is 0. The molecule has 2 fully saturated rings. The summed E-state index contributed by atoms with van der Waals surface area (Å²) in [5.41, 5.74) is 0.513. The van der Waals surface area contributed by atoms with Gasteiger partial charge in [0.15, 0.2) is 5.75 Å². The zero-order valence-corrected chi connectivity index (χ0v) is 22.7. The number of alkyl halides is 6. The Labute approximate surface area is 237 Å². The first-order chi connectivity index (χ1) is 19.4. The Hall–Kier alpha value is -3.65. The lowest BCUT2D eigenvalue weighted by Gasteiger charge is -2.61. The first-order valence-corrected chi connectivity index (χ1v) is 12.8. The molecule has 1 saturated heterocycles. The molecule has 0 unspecified atom stereocenters. The SMILES string of the molecule is CN(C(=O)Oc1c(C(C=NCCN2CC3(C2)CC(C)(O)C3)=CN)cc(C(F)(F)F)cc1C(F)(F)F)c1ccc(F)cc1. The molecule has 0 radical (unpaired) electrons. The quantitative estimate of drug-likeness (QED) is 0.313. The topological polar surface area (TPSA) is 91.4 Å². The highest BCUT2D eigenvalue weighted by Gasteiger charge is 2.56. The number of amides is 1. The van der Waals surface area contributed by atoms with E-state index in [0.29, 0.717) is 25.5 Å². The van der Waals surface area contributed by atoms with Crippen LogP contribution in [0.15, 0.2) is 47.6 Å². The maximum absolute atomic E-state index is 14.0. The number of likely N-dealkylation sites (tertiary alicyclic amines) is 1. The van der Waals surface area contributed by atoms with Crippen molar-refractivity contribution in [2.45, 2.75) is 37.7 Å². The van der Waals surface area contributed by atoms with Gasteiger partial charge in [0.2, 0.25) is 0 Å². The van der Waals surface area contributed by atoms with E-state index in [1.54, 1.807) is 6.92 Å². The molecular formula is C28H29F7N4O3. The Morgan fingerprint density at radius 2 is 1.74 bits per heavy atom. The number of allylic oxidation sites excluding steroid dienone is 1. The molecule has 1 amide bonds. The van der Waals surface area contributed by atoms with Crippen molar-refractivity contribution in [3.63, 3.8) is 0 Å². The molecule has 228 valence electrons. The molecule has 1 aliphatic heterocycles. The summed E-state index contributed by atoms with van der Waals surface area (Å²) in [5, 5.41) is 9.98. The zero-order chi connectivity index (χ0) is 31.1. The highest BCUT2D eigenvalue weighted by molar-refractivity contribution is 6.11. The molecular weight excluding hydrogens is 573 g/mol. The van der Waals surface area contributed by atoms with Crippen LogP contribution < -0.4 is 15.4 Å². The number of ether oxygens (including phenoxy) is 1. The molecule has 3 N–H and O–H groups in total. The summed E-state index contributed by atoms with van der Waals surface area (Å²) < 4.78 is 101. The fourth-order valence-corrected chi connectivity index (χ4v) is 5.67. The van der Waals surface area contributed by atoms with Gasteiger partial charge >= 0.3 is 18.4 Å². The minimum Gasteiger partial charge on any atom is -0.409 e. The van der Waals surface area contributed by atoms with Gasteiger partial charge in [-0.2, -0.15) is 26.3 Å². The van der Waals surface area contributed by atoms with E-state index in [2.05, 4.69) is 9.89 Å². The third-order valence-corrected chi connectivity index (χ3v) is 7.29. The van der Waals surface area contributed by atoms with Crippen LogP contribution in [0.2, 0.25) is 0 Å². The number of nitrogens with two attached hydrogens (primary N) is 1. The summed E-state index contributed by atoms with van der Waals surface area (Å²) in [5.74, 6) is -1.83. The number of aliphatic imine (C=N–C) groups is 1. The minimum absolute atomic E-state index is 0.0536. The molecule has 2 aromatic carbocycles. The lowest BCUT2D eigenvalue weighted by Crippen LogP contribution is -2.67. The molecule has 1 saturated carbocycles. The van der Waals surface area contributed by atoms with Crippen molar-refractivity contribution in [3.05, 3.63) is 65.1 Å². The number of hydrogen-bond donors (Lipinski definition) is 2. The average Bonchev–Trinajstić information content (AvgIpc) is 2.85. The standard InChI is InChI=1S/C28H29F7N4O3/c1-25(41)13-26(14-25)15-39(16-26)8-7-37-12-17(11-36)21-9-18(27(30,31)32)10-22(28(33,34)35)23(21)42-24(40)38(2)20-5-3-19(29)4-6-20/h3-6,9-12,41H,7-8,13-16,36H2,1-2H3. The number of nitrogens with zero attached hydrogens (tertiary/aromatic N) is 3. The van der Waals surface area contributed by atoms with Crippen molar-refractivity contribution >= 4 is 23.6 Å². The molecule has 0 atom stereocenters. The van der Waals surface area contributed by atoms with Gasteiger partial charge in [-0.1, -0.05) is 0 Å². The highest BCUT2D eigenvalue weighted by atomic mass is 19.4. The van der Waals surface area contributed by atoms with Crippen LogP contribution in [0.25, 0.3) is 5.57 Å². The van der Waals surface area contributed by atoms with Crippen LogP contribution in [0.3, 0.4) is 0 Å². The maximum atomic E-state index is 14.0. The molecule has 2 aliphatic rings. The number of benzene rings is 2. The van der Waals surface area contributed by atoms with E-state index >= 15 is 0 Å². The predicted octanol–water partition coefficient (Wildman–Crippen LogP) is 5.72. The summed E-state index contributed by atoms with van der Waals surface area (Å²) in [6.07, 6.45) is -8.71. The second kappa shape index (κ2) is 11.2. The molecule has 2 aromatic rings. The third-order valence-electron chi connectivity index (χ3n) is 7.29. The minimum atomic E-state index is -5.35. The molecule has 42 heavy (non-hydrogen) atoms. The van der Waals surface area contributed by atoms with E-state index < -0.39 is 52.3 Å². The zero-order valence-electron chi connectivity index (χ0n) is 22.7. The Kier molecular flexibility index (Phi) is 8.35. The summed E-state index contributed by atoms with van der Waals surface area (Å²) in [7, 11) is 1.14. The van der Waals surface area contributed by atoms with Gasteiger partial charge in [-0.05, 0) is 56.2 Å². The van der Waals surface area contributed by atoms with Crippen LogP contribution in [0.4, 0.5) is 41.2 Å². The van der Waals surface area contributed by atoms with Crippen molar-refractivity contribution < 1.29 is 45.4 Å². The van der Waals surface area contributed by atoms with Crippen molar-refractivity contribution in [2.24, 2.45) is 16.1 Å². The number of rotatable bonds is 7. The van der Waals surface area contributed by atoms with Crippen molar-refractivity contribution in [1.29, 1.82) is 0 Å². The van der Waals surface area contributed by atoms with E-state index in [1.807, 2.05) is 0 Å². The van der Waals surface area contributed by atoms with Gasteiger partial charge in [0.25, 0.3) is 0 Å². The van der Waals surface area contributed by atoms with Crippen molar-refractivity contribution in [1.82, 2.24) is 4.90 Å². The summed E-state index contributed by atoms with van der Waals surface area (Å²) in [4.78, 5) is 19.8. The monoisotopic (exact) mass is 602 g/mol. The Bertz CT molecular complexity index is 1370. The van der Waals surface area contributed by atoms with E-state index in [9.17, 15) is 40.6 Å². The molecule has 0 bridgehead atoms. The Morgan fingerprint density at radius 1 is 1.12 bits per heavy atom. The van der Waals surface area contributed by atoms with Crippen LogP contribution >= 0.6 is 0 Å². The second-order valence-electron chi connectivity index (χ2n) is 11.0. The van der Waals surface area contributed by atoms with Gasteiger partial charge in [0, 0.05) is 61.3 Å². The van der Waals surface area contributed by atoms with Gasteiger partial charge < -0.3 is 20.5 Å². The fourth-order valence-electron chi connectivity index (χ4n) is 5.67. The summed E-state index contributed by atoms with van der Waals surface area (Å²) in [6, 6.07) is 4.60. The predicted molar refractivity (Wildman–Crippen MR) is 142 cm³/mol. The van der Waals surface area contributed by atoms with Gasteiger partial charge in [0.1, 0.15) is 5.82 Å². The second-order valence-corrected chi connectivity index (χ2v) is 11.0. The van der Waals surface area contributed by atoms with Gasteiger partial charge in [-0.25, -0.2) is 9.18 Å². The molecule has 1 aliphatic carbocycles. The van der Waals surface area contributed by atoms with E-state index in [4.69, 9.17) is 10.5 Å². The third kappa shape index (κ3) is 6.86. The van der Waals surface area contributed by atoms with Gasteiger partial charge in [0.05, 0.1) is 23.3 Å². The van der Waals surface area contributed by atoms with Crippen LogP contribution in [-0.2, 0) is 12.4 Å². The first kappa shape index (κ1) is 31.3. The Morgan fingerprint density at radius 3 is 2.26 bits per heavy atom. The van der Waals surface area contributed by atoms with E-state index in [-0.39, 0.29) is 29.3 Å². The van der Waals surface area contributed by atoms with Gasteiger partial charge in [-0.3, -0.25) is 9.89 Å². The number of carbonyl (C=O) groups excluding carboxylic acids is 1. The lowest BCUT2D eigenvalue weighted by molar-refractivity contribution is -0.179. The lowest BCUT2D eigenvalue weighted by atomic mass is 9.56. The molecule has 4 rings (SSSR count). The molecule has 1 heterocycles. The van der Waals surface area contributed by atoms with Crippen LogP contribution in [0.5, 0.6) is 5.75 Å². The largest absolute Gasteiger partial charge is 0.420 e. The highest BCUT2D eigenvalue weighted by Crippen LogP contribution is 2.53. The normalized spacial score (nSPS) is 18.6. The number of aliphatic hydroxyl groups is 1. The number of halogens is 7. The van der Waals surface area contributed by atoms with Crippen LogP contribution in [-0.4, -0.2) is 61.1 Å². The van der Waals surface area contributed by atoms with Crippen LogP contribution in [0.1, 0.15) is 36.5 Å². The van der Waals surface area contributed by atoms with Crippen molar-refractivity contribution in [2.75, 3.05) is 38.1 Å². The average molecular weight is 603 g/mol. The number of hydrogen-bond acceptors (Lipinski definition) is 6. The fraction of sp³-hybridized carbons (Fsp3) is 0.429. The molecule has 0 aromatic heterocycles. The molecule has 1 spiro atoms. The molecule has 7 nitrogen and oxygen atoms in total. The Balaban J connectivity index is 1.60. The molecule has 14 heteroatoms. The smallest absolute Gasteiger partial charge is 0.409 e. The number of anilines is 1. The number of carbonyl (C=O) groups is 1. The van der Waals surface area contributed by atoms with Gasteiger partial charge in [-0.15, -0.1) is 0 Å². The summed E-state index contributed by atoms with van der Waals surface area (Å²) in [6.45, 7) is 3.91. The van der Waals surface area contributed by atoms with Crippen molar-refractivity contribution in [3.8, 4) is 5.75 Å². The first-order valence-electron chi connectivity index (χ1n) is 12.8.